The van der Waals surface area contributed by atoms with Crippen LogP contribution in [-0.2, 0) is 0 Å². The fourth-order valence-electron chi connectivity index (χ4n) is 2.27. The molecule has 0 atom stereocenters. The number of fused-ring (bicyclic) bond motifs is 1. The lowest BCUT2D eigenvalue weighted by Gasteiger charge is -2.06. The molecule has 21 heavy (non-hydrogen) atoms. The molecule has 0 fully saturated rings. The molecule has 0 aliphatic heterocycles. The van der Waals surface area contributed by atoms with E-state index in [1.54, 1.807) is 7.11 Å². The summed E-state index contributed by atoms with van der Waals surface area (Å²) in [5.41, 5.74) is 1.93. The zero-order chi connectivity index (χ0) is 14.7. The summed E-state index contributed by atoms with van der Waals surface area (Å²) >= 11 is 0. The molecule has 0 unspecified atom stereocenters. The molecule has 0 saturated carbocycles. The second-order valence-electron chi connectivity index (χ2n) is 4.76. The predicted molar refractivity (Wildman–Crippen MR) is 85.7 cm³/mol. The van der Waals surface area contributed by atoms with Gasteiger partial charge >= 0.3 is 0 Å². The molecular weight excluding hydrogens is 262 g/mol. The molecule has 4 heteroatoms. The molecular formula is C17H17N3O. The zero-order valence-electron chi connectivity index (χ0n) is 12.1. The monoisotopic (exact) mass is 279 g/mol. The standard InChI is InChI=1S/C17H17N3O/c1-3-18-17-9-8-16(19-20-17)14-5-4-13-11-15(21-2)7-6-12(13)10-14/h4-11H,3H2,1-2H3,(H,18,20). The van der Waals surface area contributed by atoms with Crippen LogP contribution in [-0.4, -0.2) is 23.9 Å². The maximum Gasteiger partial charge on any atom is 0.148 e. The largest absolute Gasteiger partial charge is 0.497 e. The lowest BCUT2D eigenvalue weighted by Crippen LogP contribution is -2.00. The van der Waals surface area contributed by atoms with E-state index in [4.69, 9.17) is 4.74 Å². The Bertz CT molecular complexity index is 754. The minimum Gasteiger partial charge on any atom is -0.497 e. The van der Waals surface area contributed by atoms with Crippen molar-refractivity contribution in [3.05, 3.63) is 48.5 Å². The molecule has 0 spiro atoms. The third-order valence-electron chi connectivity index (χ3n) is 3.37. The van der Waals surface area contributed by atoms with Crippen LogP contribution in [0.2, 0.25) is 0 Å². The number of methoxy groups -OCH3 is 1. The number of hydrogen-bond donors (Lipinski definition) is 1. The Labute approximate surface area is 123 Å². The lowest BCUT2D eigenvalue weighted by atomic mass is 10.0. The van der Waals surface area contributed by atoms with Gasteiger partial charge in [-0.05, 0) is 48.0 Å². The zero-order valence-corrected chi connectivity index (χ0v) is 12.1. The summed E-state index contributed by atoms with van der Waals surface area (Å²) in [4.78, 5) is 0. The van der Waals surface area contributed by atoms with Crippen molar-refractivity contribution >= 4 is 16.6 Å². The average molecular weight is 279 g/mol. The molecule has 1 N–H and O–H groups in total. The van der Waals surface area contributed by atoms with Crippen molar-refractivity contribution in [3.63, 3.8) is 0 Å². The van der Waals surface area contributed by atoms with Gasteiger partial charge < -0.3 is 10.1 Å². The molecule has 1 heterocycles. The van der Waals surface area contributed by atoms with E-state index in [-0.39, 0.29) is 0 Å². The topological polar surface area (TPSA) is 47.0 Å². The Morgan fingerprint density at radius 2 is 1.76 bits per heavy atom. The van der Waals surface area contributed by atoms with E-state index in [2.05, 4.69) is 39.8 Å². The van der Waals surface area contributed by atoms with Crippen LogP contribution >= 0.6 is 0 Å². The third kappa shape index (κ3) is 2.79. The highest BCUT2D eigenvalue weighted by Crippen LogP contribution is 2.26. The number of benzene rings is 2. The van der Waals surface area contributed by atoms with Crippen LogP contribution in [0.3, 0.4) is 0 Å². The molecule has 0 radical (unpaired) electrons. The summed E-state index contributed by atoms with van der Waals surface area (Å²) in [5.74, 6) is 1.66. The normalized spacial score (nSPS) is 10.6. The van der Waals surface area contributed by atoms with Crippen LogP contribution in [0.1, 0.15) is 6.92 Å². The van der Waals surface area contributed by atoms with Crippen LogP contribution < -0.4 is 10.1 Å². The maximum absolute atomic E-state index is 5.24. The van der Waals surface area contributed by atoms with Gasteiger partial charge in [0.05, 0.1) is 12.8 Å². The smallest absolute Gasteiger partial charge is 0.148 e. The van der Waals surface area contributed by atoms with Gasteiger partial charge in [-0.3, -0.25) is 0 Å². The Hall–Kier alpha value is -2.62. The van der Waals surface area contributed by atoms with E-state index in [9.17, 15) is 0 Å². The first-order valence-electron chi connectivity index (χ1n) is 6.96. The van der Waals surface area contributed by atoms with Crippen molar-refractivity contribution in [2.24, 2.45) is 0 Å². The van der Waals surface area contributed by atoms with Crippen LogP contribution in [0.5, 0.6) is 5.75 Å². The van der Waals surface area contributed by atoms with Gasteiger partial charge in [0.15, 0.2) is 0 Å². The average Bonchev–Trinajstić information content (AvgIpc) is 2.55. The van der Waals surface area contributed by atoms with Crippen molar-refractivity contribution in [3.8, 4) is 17.0 Å². The summed E-state index contributed by atoms with van der Waals surface area (Å²) in [6, 6.07) is 16.2. The molecule has 3 rings (SSSR count). The van der Waals surface area contributed by atoms with Crippen molar-refractivity contribution < 1.29 is 4.74 Å². The first kappa shape index (κ1) is 13.4. The third-order valence-corrected chi connectivity index (χ3v) is 3.37. The Morgan fingerprint density at radius 1 is 0.952 bits per heavy atom. The molecule has 0 aliphatic rings. The molecule has 0 saturated heterocycles. The predicted octanol–water partition coefficient (Wildman–Crippen LogP) is 3.74. The highest BCUT2D eigenvalue weighted by Gasteiger charge is 2.03. The molecule has 0 amide bonds. The summed E-state index contributed by atoms with van der Waals surface area (Å²) in [5, 5.41) is 13.9. The van der Waals surface area contributed by atoms with Crippen LogP contribution in [0.25, 0.3) is 22.0 Å². The number of aromatic nitrogens is 2. The number of anilines is 1. The van der Waals surface area contributed by atoms with Gasteiger partial charge in [0.25, 0.3) is 0 Å². The molecule has 106 valence electrons. The van der Waals surface area contributed by atoms with E-state index >= 15 is 0 Å². The molecule has 0 aliphatic carbocycles. The van der Waals surface area contributed by atoms with E-state index in [1.807, 2.05) is 31.2 Å². The SMILES string of the molecule is CCNc1ccc(-c2ccc3cc(OC)ccc3c2)nn1. The quantitative estimate of drug-likeness (QED) is 0.790. The van der Waals surface area contributed by atoms with Crippen LogP contribution in [0.4, 0.5) is 5.82 Å². The number of ether oxygens (including phenoxy) is 1. The summed E-state index contributed by atoms with van der Waals surface area (Å²) < 4.78 is 5.24. The van der Waals surface area contributed by atoms with Crippen molar-refractivity contribution in [1.82, 2.24) is 10.2 Å². The Kier molecular flexibility index (Phi) is 3.69. The summed E-state index contributed by atoms with van der Waals surface area (Å²) in [7, 11) is 1.68. The second-order valence-corrected chi connectivity index (χ2v) is 4.76. The number of hydrogen-bond acceptors (Lipinski definition) is 4. The maximum atomic E-state index is 5.24. The molecule has 4 nitrogen and oxygen atoms in total. The fraction of sp³-hybridized carbons (Fsp3) is 0.176. The van der Waals surface area contributed by atoms with Gasteiger partial charge in [-0.25, -0.2) is 0 Å². The van der Waals surface area contributed by atoms with E-state index in [0.29, 0.717) is 0 Å². The van der Waals surface area contributed by atoms with Crippen molar-refractivity contribution in [2.45, 2.75) is 6.92 Å². The minimum absolute atomic E-state index is 0.798. The first-order chi connectivity index (χ1) is 10.3. The van der Waals surface area contributed by atoms with Crippen LogP contribution in [0, 0.1) is 0 Å². The van der Waals surface area contributed by atoms with E-state index < -0.39 is 0 Å². The Balaban J connectivity index is 1.96. The second kappa shape index (κ2) is 5.79. The van der Waals surface area contributed by atoms with Gasteiger partial charge in [-0.2, -0.15) is 0 Å². The molecule has 0 bridgehead atoms. The van der Waals surface area contributed by atoms with E-state index in [1.165, 1.54) is 0 Å². The lowest BCUT2D eigenvalue weighted by molar-refractivity contribution is 0.415. The molecule has 2 aromatic carbocycles. The highest BCUT2D eigenvalue weighted by atomic mass is 16.5. The van der Waals surface area contributed by atoms with Gasteiger partial charge in [-0.15, -0.1) is 10.2 Å². The van der Waals surface area contributed by atoms with Crippen molar-refractivity contribution in [1.29, 1.82) is 0 Å². The Morgan fingerprint density at radius 3 is 2.48 bits per heavy atom. The summed E-state index contributed by atoms with van der Waals surface area (Å²) in [6.45, 7) is 2.87. The molecule has 3 aromatic rings. The highest BCUT2D eigenvalue weighted by molar-refractivity contribution is 5.87. The van der Waals surface area contributed by atoms with Gasteiger partial charge in [-0.1, -0.05) is 18.2 Å². The van der Waals surface area contributed by atoms with Gasteiger partial charge in [0, 0.05) is 12.1 Å². The van der Waals surface area contributed by atoms with Gasteiger partial charge in [0.1, 0.15) is 11.6 Å². The number of nitrogens with one attached hydrogen (secondary N) is 1. The minimum atomic E-state index is 0.798. The first-order valence-corrected chi connectivity index (χ1v) is 6.96. The molecule has 1 aromatic heterocycles. The van der Waals surface area contributed by atoms with Crippen molar-refractivity contribution in [2.75, 3.05) is 19.0 Å². The summed E-state index contributed by atoms with van der Waals surface area (Å²) in [6.07, 6.45) is 0. The fourth-order valence-corrected chi connectivity index (χ4v) is 2.27. The van der Waals surface area contributed by atoms with Crippen LogP contribution in [0.15, 0.2) is 48.5 Å². The number of rotatable bonds is 4. The number of nitrogens with zero attached hydrogens (tertiary/aromatic N) is 2. The van der Waals surface area contributed by atoms with E-state index in [0.717, 1.165) is 40.1 Å². The van der Waals surface area contributed by atoms with Gasteiger partial charge in [0.2, 0.25) is 0 Å².